The van der Waals surface area contributed by atoms with Crippen LogP contribution in [0, 0.1) is 0 Å². The van der Waals surface area contributed by atoms with Crippen LogP contribution in [0.1, 0.15) is 24.0 Å². The first-order chi connectivity index (χ1) is 13.7. The minimum Gasteiger partial charge on any atom is -0.484 e. The standard InChI is InChI=1S/C21H21F3N2O3/c1-25(13-15-4-6-16(7-5-15)21(22,23)24)20(28)14-29-18-10-8-17(9-11-18)26-12-2-3-19(26)27/h4-11H,2-3,12-14H2,1H3. The summed E-state index contributed by atoms with van der Waals surface area (Å²) in [7, 11) is 1.56. The van der Waals surface area contributed by atoms with Gasteiger partial charge in [0, 0.05) is 32.2 Å². The number of rotatable bonds is 6. The molecule has 1 saturated heterocycles. The minimum atomic E-state index is -4.38. The fourth-order valence-corrected chi connectivity index (χ4v) is 3.06. The van der Waals surface area contributed by atoms with Gasteiger partial charge < -0.3 is 14.5 Å². The Kier molecular flexibility index (Phi) is 6.10. The number of likely N-dealkylation sites (N-methyl/N-ethyl adjacent to an activating group) is 1. The van der Waals surface area contributed by atoms with E-state index in [0.29, 0.717) is 24.3 Å². The predicted octanol–water partition coefficient (Wildman–Crippen LogP) is 3.87. The zero-order chi connectivity index (χ0) is 21.0. The maximum atomic E-state index is 12.6. The van der Waals surface area contributed by atoms with Crippen molar-refractivity contribution in [3.05, 3.63) is 59.7 Å². The van der Waals surface area contributed by atoms with E-state index in [1.807, 2.05) is 0 Å². The number of hydrogen-bond donors (Lipinski definition) is 0. The number of carbonyl (C=O) groups is 2. The SMILES string of the molecule is CN(Cc1ccc(C(F)(F)F)cc1)C(=O)COc1ccc(N2CCCC2=O)cc1. The summed E-state index contributed by atoms with van der Waals surface area (Å²) in [5.41, 5.74) is 0.664. The third-order valence-corrected chi connectivity index (χ3v) is 4.71. The molecule has 0 unspecified atom stereocenters. The van der Waals surface area contributed by atoms with E-state index in [1.165, 1.54) is 17.0 Å². The lowest BCUT2D eigenvalue weighted by Gasteiger charge is -2.19. The minimum absolute atomic E-state index is 0.0961. The molecule has 29 heavy (non-hydrogen) atoms. The predicted molar refractivity (Wildman–Crippen MR) is 101 cm³/mol. The molecular formula is C21H21F3N2O3. The van der Waals surface area contributed by atoms with Crippen LogP contribution in [0.2, 0.25) is 0 Å². The summed E-state index contributed by atoms with van der Waals surface area (Å²) >= 11 is 0. The van der Waals surface area contributed by atoms with E-state index in [9.17, 15) is 22.8 Å². The fourth-order valence-electron chi connectivity index (χ4n) is 3.06. The lowest BCUT2D eigenvalue weighted by Crippen LogP contribution is -2.31. The molecule has 0 saturated carbocycles. The molecule has 2 aromatic carbocycles. The van der Waals surface area contributed by atoms with Crippen molar-refractivity contribution in [3.63, 3.8) is 0 Å². The summed E-state index contributed by atoms with van der Waals surface area (Å²) in [4.78, 5) is 27.1. The number of alkyl halides is 3. The van der Waals surface area contributed by atoms with Crippen molar-refractivity contribution in [2.75, 3.05) is 25.1 Å². The molecule has 8 heteroatoms. The summed E-state index contributed by atoms with van der Waals surface area (Å²) in [5, 5.41) is 0. The summed E-state index contributed by atoms with van der Waals surface area (Å²) in [5.74, 6) is 0.291. The van der Waals surface area contributed by atoms with E-state index < -0.39 is 11.7 Å². The van der Waals surface area contributed by atoms with Crippen LogP contribution in [-0.2, 0) is 22.3 Å². The molecule has 3 rings (SSSR count). The highest BCUT2D eigenvalue weighted by atomic mass is 19.4. The third kappa shape index (κ3) is 5.28. The van der Waals surface area contributed by atoms with Gasteiger partial charge in [0.2, 0.25) is 5.91 Å². The second-order valence-corrected chi connectivity index (χ2v) is 6.88. The Balaban J connectivity index is 1.50. The lowest BCUT2D eigenvalue weighted by atomic mass is 10.1. The molecule has 1 aliphatic rings. The maximum Gasteiger partial charge on any atom is 0.416 e. The van der Waals surface area contributed by atoms with Crippen molar-refractivity contribution < 1.29 is 27.5 Å². The first kappa shape index (κ1) is 20.7. The number of anilines is 1. The molecule has 0 aromatic heterocycles. The van der Waals surface area contributed by atoms with E-state index >= 15 is 0 Å². The molecule has 0 atom stereocenters. The smallest absolute Gasteiger partial charge is 0.416 e. The van der Waals surface area contributed by atoms with Crippen molar-refractivity contribution in [1.82, 2.24) is 4.90 Å². The zero-order valence-electron chi connectivity index (χ0n) is 15.9. The molecule has 5 nitrogen and oxygen atoms in total. The van der Waals surface area contributed by atoms with E-state index in [2.05, 4.69) is 0 Å². The fraction of sp³-hybridized carbons (Fsp3) is 0.333. The highest BCUT2D eigenvalue weighted by Crippen LogP contribution is 2.29. The van der Waals surface area contributed by atoms with Gasteiger partial charge in [-0.1, -0.05) is 12.1 Å². The molecule has 0 spiro atoms. The Morgan fingerprint density at radius 2 is 1.76 bits per heavy atom. The van der Waals surface area contributed by atoms with Gasteiger partial charge in [0.05, 0.1) is 5.56 Å². The summed E-state index contributed by atoms with van der Waals surface area (Å²) in [6.07, 6.45) is -2.99. The molecule has 0 bridgehead atoms. The molecule has 1 heterocycles. The number of halogens is 3. The van der Waals surface area contributed by atoms with Gasteiger partial charge in [0.15, 0.2) is 6.61 Å². The number of nitrogens with zero attached hydrogens (tertiary/aromatic N) is 2. The van der Waals surface area contributed by atoms with Crippen molar-refractivity contribution >= 4 is 17.5 Å². The van der Waals surface area contributed by atoms with Gasteiger partial charge in [-0.3, -0.25) is 9.59 Å². The molecule has 0 radical (unpaired) electrons. The summed E-state index contributed by atoms with van der Waals surface area (Å²) in [6.45, 7) is 0.682. The Morgan fingerprint density at radius 3 is 2.31 bits per heavy atom. The average Bonchev–Trinajstić information content (AvgIpc) is 3.12. The highest BCUT2D eigenvalue weighted by Gasteiger charge is 2.30. The van der Waals surface area contributed by atoms with Gasteiger partial charge >= 0.3 is 6.18 Å². The number of ether oxygens (including phenoxy) is 1. The topological polar surface area (TPSA) is 49.9 Å². The van der Waals surface area contributed by atoms with E-state index in [-0.39, 0.29) is 25.0 Å². The van der Waals surface area contributed by atoms with Crippen LogP contribution in [0.5, 0.6) is 5.75 Å². The molecule has 2 amide bonds. The first-order valence-electron chi connectivity index (χ1n) is 9.17. The van der Waals surface area contributed by atoms with Crippen LogP contribution < -0.4 is 9.64 Å². The maximum absolute atomic E-state index is 12.6. The monoisotopic (exact) mass is 406 g/mol. The van der Waals surface area contributed by atoms with Gasteiger partial charge in [-0.2, -0.15) is 13.2 Å². The summed E-state index contributed by atoms with van der Waals surface area (Å²) < 4.78 is 43.3. The normalized spacial score (nSPS) is 14.2. The second-order valence-electron chi connectivity index (χ2n) is 6.88. The van der Waals surface area contributed by atoms with Gasteiger partial charge in [-0.15, -0.1) is 0 Å². The van der Waals surface area contributed by atoms with Crippen LogP contribution in [0.15, 0.2) is 48.5 Å². The molecular weight excluding hydrogens is 385 g/mol. The zero-order valence-corrected chi connectivity index (χ0v) is 15.9. The van der Waals surface area contributed by atoms with Crippen LogP contribution >= 0.6 is 0 Å². The number of hydrogen-bond acceptors (Lipinski definition) is 3. The molecule has 154 valence electrons. The van der Waals surface area contributed by atoms with Crippen LogP contribution in [0.25, 0.3) is 0 Å². The van der Waals surface area contributed by atoms with Gasteiger partial charge in [-0.05, 0) is 48.4 Å². The van der Waals surface area contributed by atoms with E-state index in [0.717, 1.165) is 24.2 Å². The molecule has 1 aliphatic heterocycles. The van der Waals surface area contributed by atoms with Gasteiger partial charge in [0.1, 0.15) is 5.75 Å². The van der Waals surface area contributed by atoms with Crippen LogP contribution in [-0.4, -0.2) is 36.9 Å². The lowest BCUT2D eigenvalue weighted by molar-refractivity contribution is -0.137. The quantitative estimate of drug-likeness (QED) is 0.732. The summed E-state index contributed by atoms with van der Waals surface area (Å²) in [6, 6.07) is 11.6. The van der Waals surface area contributed by atoms with Crippen LogP contribution in [0.4, 0.5) is 18.9 Å². The Morgan fingerprint density at radius 1 is 1.10 bits per heavy atom. The van der Waals surface area contributed by atoms with Crippen molar-refractivity contribution in [2.45, 2.75) is 25.6 Å². The van der Waals surface area contributed by atoms with Gasteiger partial charge in [-0.25, -0.2) is 0 Å². The third-order valence-electron chi connectivity index (χ3n) is 4.71. The average molecular weight is 406 g/mol. The van der Waals surface area contributed by atoms with E-state index in [1.54, 1.807) is 36.2 Å². The largest absolute Gasteiger partial charge is 0.484 e. The molecule has 0 aliphatic carbocycles. The van der Waals surface area contributed by atoms with Crippen molar-refractivity contribution in [1.29, 1.82) is 0 Å². The van der Waals surface area contributed by atoms with Gasteiger partial charge in [0.25, 0.3) is 5.91 Å². The van der Waals surface area contributed by atoms with E-state index in [4.69, 9.17) is 4.74 Å². The Hall–Kier alpha value is -3.03. The van der Waals surface area contributed by atoms with Crippen LogP contribution in [0.3, 0.4) is 0 Å². The molecule has 2 aromatic rings. The molecule has 1 fully saturated rings. The first-order valence-corrected chi connectivity index (χ1v) is 9.17. The number of carbonyl (C=O) groups excluding carboxylic acids is 2. The Labute approximate surface area is 166 Å². The van der Waals surface area contributed by atoms with Crippen molar-refractivity contribution in [2.24, 2.45) is 0 Å². The number of amides is 2. The second kappa shape index (κ2) is 8.55. The highest BCUT2D eigenvalue weighted by molar-refractivity contribution is 5.95. The number of benzene rings is 2. The Bertz CT molecular complexity index is 864. The van der Waals surface area contributed by atoms with Crippen molar-refractivity contribution in [3.8, 4) is 5.75 Å². The molecule has 0 N–H and O–H groups in total.